The number of hydrogen-bond donors (Lipinski definition) is 0. The largest absolute Gasteiger partial charge is 0.455 e. The predicted molar refractivity (Wildman–Crippen MR) is 247 cm³/mol. The first-order valence-corrected chi connectivity index (χ1v) is 20.4. The molecule has 1 aromatic heterocycles. The SMILES string of the molecule is CC(C)(C)c1ccc(-c2ccccc2)c(N(c2ccccc2-c2cccc3c2oc2ccccc23)C2CC=CC=C2c2cccc3cccc(-c4ccccc4)c23)c1. The van der Waals surface area contributed by atoms with Crippen LogP contribution in [0.3, 0.4) is 0 Å². The van der Waals surface area contributed by atoms with Gasteiger partial charge in [0.25, 0.3) is 0 Å². The smallest absolute Gasteiger partial charge is 0.143 e. The van der Waals surface area contributed by atoms with Crippen molar-refractivity contribution in [1.29, 1.82) is 0 Å². The normalized spacial score (nSPS) is 14.3. The molecule has 1 aliphatic rings. The molecule has 0 amide bonds. The maximum absolute atomic E-state index is 6.73. The topological polar surface area (TPSA) is 16.4 Å². The maximum Gasteiger partial charge on any atom is 0.143 e. The van der Waals surface area contributed by atoms with E-state index in [1.54, 1.807) is 0 Å². The van der Waals surface area contributed by atoms with Crippen molar-refractivity contribution in [1.82, 2.24) is 0 Å². The molecule has 0 spiro atoms. The Morgan fingerprint density at radius 3 is 1.91 bits per heavy atom. The van der Waals surface area contributed by atoms with E-state index in [2.05, 4.69) is 220 Å². The van der Waals surface area contributed by atoms with Gasteiger partial charge in [0.1, 0.15) is 11.2 Å². The van der Waals surface area contributed by atoms with E-state index in [0.29, 0.717) is 0 Å². The molecule has 58 heavy (non-hydrogen) atoms. The van der Waals surface area contributed by atoms with Crippen molar-refractivity contribution < 1.29 is 4.42 Å². The van der Waals surface area contributed by atoms with Crippen molar-refractivity contribution in [3.63, 3.8) is 0 Å². The molecule has 0 aliphatic heterocycles. The minimum atomic E-state index is -0.0691. The Balaban J connectivity index is 1.27. The van der Waals surface area contributed by atoms with Crippen LogP contribution in [0.5, 0.6) is 0 Å². The zero-order valence-electron chi connectivity index (χ0n) is 33.2. The van der Waals surface area contributed by atoms with Crippen molar-refractivity contribution >= 4 is 49.7 Å². The van der Waals surface area contributed by atoms with Gasteiger partial charge in [-0.25, -0.2) is 0 Å². The Morgan fingerprint density at radius 2 is 1.14 bits per heavy atom. The summed E-state index contributed by atoms with van der Waals surface area (Å²) in [5, 5.41) is 4.76. The number of fused-ring (bicyclic) bond motifs is 4. The molecule has 2 nitrogen and oxygen atoms in total. The zero-order chi connectivity index (χ0) is 39.2. The van der Waals surface area contributed by atoms with E-state index in [1.807, 2.05) is 6.07 Å². The highest BCUT2D eigenvalue weighted by Crippen LogP contribution is 2.49. The molecule has 1 aliphatic carbocycles. The molecule has 280 valence electrons. The van der Waals surface area contributed by atoms with Crippen LogP contribution in [0.2, 0.25) is 0 Å². The molecule has 0 saturated heterocycles. The third-order valence-electron chi connectivity index (χ3n) is 11.8. The number of furan rings is 1. The number of benzene rings is 8. The lowest BCUT2D eigenvalue weighted by molar-refractivity contribution is 0.590. The van der Waals surface area contributed by atoms with Crippen LogP contribution in [0.1, 0.15) is 38.3 Å². The fourth-order valence-electron chi connectivity index (χ4n) is 8.97. The Bertz CT molecular complexity index is 3010. The number of hydrogen-bond acceptors (Lipinski definition) is 2. The van der Waals surface area contributed by atoms with Crippen molar-refractivity contribution in [3.8, 4) is 33.4 Å². The quantitative estimate of drug-likeness (QED) is 0.161. The van der Waals surface area contributed by atoms with Gasteiger partial charge in [-0.3, -0.25) is 0 Å². The molecule has 0 fully saturated rings. The summed E-state index contributed by atoms with van der Waals surface area (Å²) in [4.78, 5) is 2.65. The van der Waals surface area contributed by atoms with Crippen LogP contribution >= 0.6 is 0 Å². The summed E-state index contributed by atoms with van der Waals surface area (Å²) < 4.78 is 6.73. The Labute approximate surface area is 341 Å². The Morgan fingerprint density at radius 1 is 0.517 bits per heavy atom. The minimum Gasteiger partial charge on any atom is -0.455 e. The third-order valence-corrected chi connectivity index (χ3v) is 11.8. The molecule has 1 heterocycles. The molecule has 1 atom stereocenters. The molecule has 9 aromatic rings. The lowest BCUT2D eigenvalue weighted by atomic mass is 9.83. The van der Waals surface area contributed by atoms with Crippen LogP contribution in [-0.2, 0) is 5.41 Å². The minimum absolute atomic E-state index is 0.0480. The first kappa shape index (κ1) is 35.5. The lowest BCUT2D eigenvalue weighted by Crippen LogP contribution is -2.34. The van der Waals surface area contributed by atoms with Crippen LogP contribution < -0.4 is 4.90 Å². The third kappa shape index (κ3) is 6.22. The van der Waals surface area contributed by atoms with Crippen molar-refractivity contribution in [3.05, 3.63) is 211 Å². The first-order chi connectivity index (χ1) is 28.4. The maximum atomic E-state index is 6.73. The van der Waals surface area contributed by atoms with Gasteiger partial charge in [-0.15, -0.1) is 0 Å². The summed E-state index contributed by atoms with van der Waals surface area (Å²) in [5.74, 6) is 0. The van der Waals surface area contributed by atoms with E-state index >= 15 is 0 Å². The number of para-hydroxylation sites is 3. The van der Waals surface area contributed by atoms with Gasteiger partial charge in [0.2, 0.25) is 0 Å². The average Bonchev–Trinajstić information content (AvgIpc) is 3.66. The van der Waals surface area contributed by atoms with Gasteiger partial charge >= 0.3 is 0 Å². The molecule has 0 bridgehead atoms. The van der Waals surface area contributed by atoms with E-state index < -0.39 is 0 Å². The molecule has 10 rings (SSSR count). The Kier molecular flexibility index (Phi) is 8.91. The molecular weight excluding hydrogens is 703 g/mol. The number of anilines is 2. The van der Waals surface area contributed by atoms with E-state index in [9.17, 15) is 0 Å². The summed E-state index contributed by atoms with van der Waals surface area (Å²) >= 11 is 0. The molecule has 2 heteroatoms. The van der Waals surface area contributed by atoms with E-state index in [0.717, 1.165) is 45.2 Å². The molecule has 0 radical (unpaired) electrons. The highest BCUT2D eigenvalue weighted by Gasteiger charge is 2.32. The highest BCUT2D eigenvalue weighted by atomic mass is 16.3. The van der Waals surface area contributed by atoms with E-state index in [1.165, 1.54) is 55.4 Å². The van der Waals surface area contributed by atoms with Crippen LogP contribution in [0.4, 0.5) is 11.4 Å². The molecule has 0 N–H and O–H groups in total. The monoisotopic (exact) mass is 747 g/mol. The molecule has 8 aromatic carbocycles. The molecular formula is C56H45NO. The second kappa shape index (κ2) is 14.6. The number of allylic oxidation sites excluding steroid dienone is 2. The fraction of sp³-hybridized carbons (Fsp3) is 0.107. The van der Waals surface area contributed by atoms with Gasteiger partial charge in [-0.05, 0) is 74.2 Å². The highest BCUT2D eigenvalue weighted by molar-refractivity contribution is 6.11. The van der Waals surface area contributed by atoms with Crippen LogP contribution in [0.15, 0.2) is 205 Å². The van der Waals surface area contributed by atoms with E-state index in [4.69, 9.17) is 4.42 Å². The fourth-order valence-corrected chi connectivity index (χ4v) is 8.97. The summed E-state index contributed by atoms with van der Waals surface area (Å²) in [5.41, 5.74) is 14.9. The van der Waals surface area contributed by atoms with Crippen LogP contribution in [-0.4, -0.2) is 6.04 Å². The van der Waals surface area contributed by atoms with Gasteiger partial charge < -0.3 is 9.32 Å². The van der Waals surface area contributed by atoms with Gasteiger partial charge in [-0.1, -0.05) is 203 Å². The second-order valence-electron chi connectivity index (χ2n) is 16.4. The summed E-state index contributed by atoms with van der Waals surface area (Å²) in [6, 6.07) is 66.2. The Hall–Kier alpha value is -6.90. The lowest BCUT2D eigenvalue weighted by Gasteiger charge is -2.39. The summed E-state index contributed by atoms with van der Waals surface area (Å²) in [6.45, 7) is 6.93. The predicted octanol–water partition coefficient (Wildman–Crippen LogP) is 15.6. The standard InChI is InChI=1S/C56H45NO/c1-56(2,3)41-35-36-42(38-19-6-4-7-20-38)52(37-41)57(51-33-14-11-26-45(51)48-30-18-31-49-46-27-12-15-34-53(46)58-55(48)49)50-32-13-10-25-44(50)47-29-17-24-40-23-16-28-43(54(40)47)39-21-8-5-9-22-39/h4-31,33-37,50H,32H2,1-3H3. The summed E-state index contributed by atoms with van der Waals surface area (Å²) in [7, 11) is 0. The van der Waals surface area contributed by atoms with Gasteiger partial charge in [0.05, 0.1) is 6.04 Å². The summed E-state index contributed by atoms with van der Waals surface area (Å²) in [6.07, 6.45) is 7.77. The first-order valence-electron chi connectivity index (χ1n) is 20.4. The van der Waals surface area contributed by atoms with Crippen LogP contribution in [0, 0.1) is 0 Å². The van der Waals surface area contributed by atoms with Gasteiger partial charge in [-0.2, -0.15) is 0 Å². The number of nitrogens with zero attached hydrogens (tertiary/aromatic N) is 1. The molecule has 0 saturated carbocycles. The molecule has 1 unspecified atom stereocenters. The van der Waals surface area contributed by atoms with Gasteiger partial charge in [0.15, 0.2) is 0 Å². The zero-order valence-corrected chi connectivity index (χ0v) is 33.2. The average molecular weight is 748 g/mol. The number of rotatable bonds is 7. The van der Waals surface area contributed by atoms with Crippen molar-refractivity contribution in [2.75, 3.05) is 4.90 Å². The van der Waals surface area contributed by atoms with E-state index in [-0.39, 0.29) is 11.5 Å². The van der Waals surface area contributed by atoms with Gasteiger partial charge in [0, 0.05) is 38.8 Å². The van der Waals surface area contributed by atoms with Crippen LogP contribution in [0.25, 0.3) is 71.7 Å². The van der Waals surface area contributed by atoms with Crippen molar-refractivity contribution in [2.45, 2.75) is 38.6 Å². The van der Waals surface area contributed by atoms with Crippen molar-refractivity contribution in [2.24, 2.45) is 0 Å². The second-order valence-corrected chi connectivity index (χ2v) is 16.4.